The van der Waals surface area contributed by atoms with Crippen molar-refractivity contribution in [2.45, 2.75) is 76.6 Å². The summed E-state index contributed by atoms with van der Waals surface area (Å²) < 4.78 is 73.5. The van der Waals surface area contributed by atoms with Crippen LogP contribution >= 0.6 is 11.3 Å². The number of hydrogen-bond donors (Lipinski definition) is 1. The first-order valence-electron chi connectivity index (χ1n) is 16.4. The maximum atomic E-state index is 16.8. The lowest BCUT2D eigenvalue weighted by atomic mass is 9.95. The Morgan fingerprint density at radius 3 is 2.65 bits per heavy atom. The van der Waals surface area contributed by atoms with Gasteiger partial charge in [-0.1, -0.05) is 0 Å². The molecule has 10 nitrogen and oxygen atoms in total. The van der Waals surface area contributed by atoms with Gasteiger partial charge in [0.1, 0.15) is 58.1 Å². The minimum absolute atomic E-state index is 0.0909. The van der Waals surface area contributed by atoms with Gasteiger partial charge in [-0.2, -0.15) is 15.2 Å². The predicted octanol–water partition coefficient (Wildman–Crippen LogP) is 7.49. The zero-order valence-electron chi connectivity index (χ0n) is 27.3. The van der Waals surface area contributed by atoms with Crippen molar-refractivity contribution in [3.8, 4) is 23.3 Å². The number of benzene rings is 1. The Labute approximate surface area is 284 Å². The van der Waals surface area contributed by atoms with Crippen molar-refractivity contribution in [1.29, 1.82) is 5.26 Å². The summed E-state index contributed by atoms with van der Waals surface area (Å²) in [6, 6.07) is 2.40. The van der Waals surface area contributed by atoms with E-state index in [1.165, 1.54) is 6.20 Å². The van der Waals surface area contributed by atoms with Crippen LogP contribution in [0.3, 0.4) is 0 Å². The lowest BCUT2D eigenvalue weighted by Gasteiger charge is -2.31. The van der Waals surface area contributed by atoms with Gasteiger partial charge in [0, 0.05) is 49.3 Å². The number of halogens is 4. The summed E-state index contributed by atoms with van der Waals surface area (Å²) in [4.78, 5) is 30.1. The largest absolute Gasteiger partial charge is 0.461 e. The Balaban J connectivity index is 1.35. The second-order valence-electron chi connectivity index (χ2n) is 13.9. The van der Waals surface area contributed by atoms with Crippen LogP contribution in [0.2, 0.25) is 0 Å². The van der Waals surface area contributed by atoms with Gasteiger partial charge < -0.3 is 14.4 Å². The lowest BCUT2D eigenvalue weighted by Crippen LogP contribution is -2.43. The minimum atomic E-state index is -1.15. The monoisotopic (exact) mass is 697 g/mol. The molecule has 0 saturated carbocycles. The summed E-state index contributed by atoms with van der Waals surface area (Å²) >= 11 is 0.697. The number of fused-ring (bicyclic) bond motifs is 3. The van der Waals surface area contributed by atoms with E-state index in [4.69, 9.17) is 9.47 Å². The zero-order chi connectivity index (χ0) is 34.7. The van der Waals surface area contributed by atoms with E-state index < -0.39 is 52.1 Å². The van der Waals surface area contributed by atoms with E-state index in [0.29, 0.717) is 49.3 Å². The fraction of sp³-hybridized carbons (Fsp3) is 0.500. The van der Waals surface area contributed by atoms with Gasteiger partial charge in [0.15, 0.2) is 5.82 Å². The van der Waals surface area contributed by atoms with Crippen molar-refractivity contribution < 1.29 is 31.8 Å². The maximum Gasteiger partial charge on any atom is 0.412 e. The van der Waals surface area contributed by atoms with E-state index in [0.717, 1.165) is 38.6 Å². The molecule has 3 aliphatic heterocycles. The van der Waals surface area contributed by atoms with Gasteiger partial charge in [0.2, 0.25) is 0 Å². The van der Waals surface area contributed by atoms with Crippen LogP contribution < -0.4 is 15.0 Å². The molecule has 4 aromatic rings. The molecule has 3 aliphatic rings. The minimum Gasteiger partial charge on any atom is -0.461 e. The molecule has 2 atom stereocenters. The molecule has 0 spiro atoms. The molecule has 1 N–H and O–H groups in total. The van der Waals surface area contributed by atoms with E-state index in [2.05, 4.69) is 25.2 Å². The maximum absolute atomic E-state index is 16.8. The number of alkyl halides is 1. The van der Waals surface area contributed by atoms with E-state index in [-0.39, 0.29) is 44.2 Å². The fourth-order valence-corrected chi connectivity index (χ4v) is 8.33. The first-order chi connectivity index (χ1) is 23.4. The van der Waals surface area contributed by atoms with Crippen molar-refractivity contribution >= 4 is 49.2 Å². The normalized spacial score (nSPS) is 21.3. The summed E-state index contributed by atoms with van der Waals surface area (Å²) in [6.07, 6.45) is 4.32. The van der Waals surface area contributed by atoms with Crippen molar-refractivity contribution in [2.24, 2.45) is 0 Å². The van der Waals surface area contributed by atoms with Crippen LogP contribution in [0.1, 0.15) is 64.9 Å². The van der Waals surface area contributed by atoms with Gasteiger partial charge in [0.25, 0.3) is 0 Å². The molecule has 258 valence electrons. The Morgan fingerprint density at radius 2 is 1.92 bits per heavy atom. The van der Waals surface area contributed by atoms with E-state index in [9.17, 15) is 14.4 Å². The molecule has 1 amide bonds. The average molecular weight is 698 g/mol. The number of rotatable bonds is 6. The van der Waals surface area contributed by atoms with Crippen molar-refractivity contribution in [1.82, 2.24) is 19.9 Å². The molecular formula is C34H35F4N7O3S. The number of thiophene rings is 1. The third-order valence-electron chi connectivity index (χ3n) is 9.36. The number of piperidine rings is 1. The third kappa shape index (κ3) is 6.09. The van der Waals surface area contributed by atoms with Crippen molar-refractivity contribution in [3.63, 3.8) is 0 Å². The van der Waals surface area contributed by atoms with Crippen LogP contribution in [0.25, 0.3) is 32.2 Å². The first kappa shape index (κ1) is 33.2. The lowest BCUT2D eigenvalue weighted by molar-refractivity contribution is 0.0636. The van der Waals surface area contributed by atoms with Crippen LogP contribution in [-0.2, 0) is 4.74 Å². The Morgan fingerprint density at radius 1 is 1.14 bits per heavy atom. The zero-order valence-corrected chi connectivity index (χ0v) is 28.2. The van der Waals surface area contributed by atoms with Gasteiger partial charge in [-0.15, -0.1) is 11.3 Å². The first-order valence-corrected chi connectivity index (χ1v) is 17.2. The molecule has 1 aromatic carbocycles. The Bertz CT molecular complexity index is 2010. The molecular weight excluding hydrogens is 662 g/mol. The number of nitrogens with one attached hydrogen (secondary N) is 1. The van der Waals surface area contributed by atoms with Crippen LogP contribution in [0.4, 0.5) is 33.2 Å². The summed E-state index contributed by atoms with van der Waals surface area (Å²) in [5.41, 5.74) is -2.78. The number of nitriles is 1. The number of hydrogen-bond acceptors (Lipinski definition) is 10. The number of ether oxygens (including phenoxy) is 2. The van der Waals surface area contributed by atoms with E-state index in [1.54, 1.807) is 20.8 Å². The van der Waals surface area contributed by atoms with Crippen LogP contribution in [-0.4, -0.2) is 76.0 Å². The predicted molar refractivity (Wildman–Crippen MR) is 177 cm³/mol. The molecule has 3 aromatic heterocycles. The van der Waals surface area contributed by atoms with Gasteiger partial charge in [0.05, 0.1) is 21.2 Å². The van der Waals surface area contributed by atoms with Crippen molar-refractivity contribution in [3.05, 3.63) is 35.3 Å². The van der Waals surface area contributed by atoms with Crippen LogP contribution in [0, 0.1) is 28.8 Å². The topological polar surface area (TPSA) is 116 Å². The number of pyridine rings is 1. The average Bonchev–Trinajstić information content (AvgIpc) is 3.70. The van der Waals surface area contributed by atoms with Crippen molar-refractivity contribution in [2.75, 3.05) is 43.0 Å². The number of anilines is 2. The highest BCUT2D eigenvalue weighted by atomic mass is 32.1. The molecule has 6 heterocycles. The Kier molecular flexibility index (Phi) is 8.51. The second kappa shape index (κ2) is 12.5. The number of carbonyl (C=O) groups is 1. The highest BCUT2D eigenvalue weighted by Crippen LogP contribution is 2.45. The van der Waals surface area contributed by atoms with Gasteiger partial charge in [-0.25, -0.2) is 22.4 Å². The summed E-state index contributed by atoms with van der Waals surface area (Å²) in [5, 5.41) is 12.5. The van der Waals surface area contributed by atoms with Crippen LogP contribution in [0.15, 0.2) is 12.3 Å². The molecule has 15 heteroatoms. The number of nitrogens with zero attached hydrogens (tertiary/aromatic N) is 6. The summed E-state index contributed by atoms with van der Waals surface area (Å²) in [5.74, 6) is -2.76. The molecule has 3 saturated heterocycles. The SMILES string of the molecule is CC(C)(C)OC(=O)Nc1sc2c(F)cc(F)c(-c3ncc4c(N5CCCCC5)nc(OC[C@@]56CCCN5C[C@H](F)C6)nc4c3F)c2c1C#N. The molecule has 0 unspecified atom stereocenters. The second-order valence-corrected chi connectivity index (χ2v) is 14.9. The molecule has 0 radical (unpaired) electrons. The molecule has 7 rings (SSSR count). The third-order valence-corrected chi connectivity index (χ3v) is 10.5. The van der Waals surface area contributed by atoms with E-state index in [1.807, 2.05) is 11.0 Å². The molecule has 0 bridgehead atoms. The van der Waals surface area contributed by atoms with Gasteiger partial charge >= 0.3 is 12.1 Å². The van der Waals surface area contributed by atoms with Crippen LogP contribution in [0.5, 0.6) is 6.01 Å². The number of carbonyl (C=O) groups excluding carboxylic acids is 1. The summed E-state index contributed by atoms with van der Waals surface area (Å²) in [6.45, 7) is 7.51. The van der Waals surface area contributed by atoms with E-state index >= 15 is 13.2 Å². The van der Waals surface area contributed by atoms with Gasteiger partial charge in [-0.05, 0) is 59.4 Å². The number of amides is 1. The summed E-state index contributed by atoms with van der Waals surface area (Å²) in [7, 11) is 0. The Hall–Kier alpha value is -4.29. The smallest absolute Gasteiger partial charge is 0.412 e. The fourth-order valence-electron chi connectivity index (χ4n) is 7.28. The molecule has 0 aliphatic carbocycles. The quantitative estimate of drug-likeness (QED) is 0.205. The van der Waals surface area contributed by atoms with Gasteiger partial charge in [-0.3, -0.25) is 15.2 Å². The molecule has 49 heavy (non-hydrogen) atoms. The number of aromatic nitrogens is 3. The molecule has 3 fully saturated rings. The highest BCUT2D eigenvalue weighted by molar-refractivity contribution is 7.23. The standard InChI is InChI=1S/C34H35F4N7O3S/c1-33(2,3)48-32(46)43-30-19(14-39)23-24(21(36)12-22(37)28(23)49-30)27-25(38)26-20(15-40-27)29(44-9-5-4-6-10-44)42-31(41-26)47-17-34-8-7-11-45(34)16-18(35)13-34/h12,15,18H,4-11,13,16-17H2,1-3H3,(H,43,46)/t18-,34+/m1/s1. The highest BCUT2D eigenvalue weighted by Gasteiger charge is 2.49.